The summed E-state index contributed by atoms with van der Waals surface area (Å²) >= 11 is 1.84. The molecule has 2 saturated carbocycles. The highest BCUT2D eigenvalue weighted by Crippen LogP contribution is 2.46. The van der Waals surface area contributed by atoms with Crippen molar-refractivity contribution >= 4 is 11.8 Å². The van der Waals surface area contributed by atoms with Gasteiger partial charge >= 0.3 is 0 Å². The van der Waals surface area contributed by atoms with Crippen LogP contribution in [-0.2, 0) is 0 Å². The summed E-state index contributed by atoms with van der Waals surface area (Å²) < 4.78 is 2.41. The van der Waals surface area contributed by atoms with E-state index in [4.69, 9.17) is 5.73 Å². The van der Waals surface area contributed by atoms with Crippen molar-refractivity contribution in [3.63, 3.8) is 0 Å². The number of nitrogens with zero attached hydrogens (tertiary/aromatic N) is 3. The largest absolute Gasteiger partial charge is 0.330 e. The van der Waals surface area contributed by atoms with E-state index in [1.54, 1.807) is 0 Å². The number of aromatic nitrogens is 3. The van der Waals surface area contributed by atoms with E-state index in [1.807, 2.05) is 11.8 Å². The minimum Gasteiger partial charge on any atom is -0.330 e. The Labute approximate surface area is 106 Å². The first-order valence-electron chi connectivity index (χ1n) is 6.61. The van der Waals surface area contributed by atoms with Gasteiger partial charge in [0.05, 0.1) is 0 Å². The van der Waals surface area contributed by atoms with Crippen molar-refractivity contribution in [2.75, 3.05) is 6.54 Å². The Bertz CT molecular complexity index is 395. The first kappa shape index (κ1) is 11.5. The number of rotatable bonds is 6. The molecule has 1 heterocycles. The lowest BCUT2D eigenvalue weighted by molar-refractivity contribution is 0.625. The molecule has 2 fully saturated rings. The zero-order valence-electron chi connectivity index (χ0n) is 10.3. The highest BCUT2D eigenvalue weighted by atomic mass is 32.2. The van der Waals surface area contributed by atoms with Crippen LogP contribution < -0.4 is 5.73 Å². The molecule has 5 heteroatoms. The fraction of sp³-hybridized carbons (Fsp3) is 0.833. The summed E-state index contributed by atoms with van der Waals surface area (Å²) in [6, 6.07) is 0.688. The first-order chi connectivity index (χ1) is 8.29. The third kappa shape index (κ3) is 2.50. The number of hydrogen-bond donors (Lipinski definition) is 1. The fourth-order valence-electron chi connectivity index (χ4n) is 2.14. The number of nitrogens with two attached hydrogens (primary N) is 1. The lowest BCUT2D eigenvalue weighted by Crippen LogP contribution is -2.09. The minimum absolute atomic E-state index is 0.536. The molecule has 17 heavy (non-hydrogen) atoms. The van der Waals surface area contributed by atoms with Crippen molar-refractivity contribution in [2.24, 2.45) is 5.73 Å². The molecule has 94 valence electrons. The van der Waals surface area contributed by atoms with E-state index in [1.165, 1.54) is 31.5 Å². The molecule has 4 nitrogen and oxygen atoms in total. The molecule has 2 N–H and O–H groups in total. The minimum atomic E-state index is 0.536. The first-order valence-corrected chi connectivity index (χ1v) is 7.49. The second kappa shape index (κ2) is 4.61. The number of hydrogen-bond acceptors (Lipinski definition) is 4. The van der Waals surface area contributed by atoms with Crippen molar-refractivity contribution in [1.29, 1.82) is 0 Å². The zero-order chi connectivity index (χ0) is 11.8. The van der Waals surface area contributed by atoms with E-state index in [2.05, 4.69) is 21.7 Å². The second-order valence-electron chi connectivity index (χ2n) is 5.22. The highest BCUT2D eigenvalue weighted by molar-refractivity contribution is 7.99. The van der Waals surface area contributed by atoms with Crippen molar-refractivity contribution in [2.45, 2.75) is 61.4 Å². The molecular formula is C12H20N4S. The van der Waals surface area contributed by atoms with Gasteiger partial charge in [0.2, 0.25) is 0 Å². The number of thioether (sulfide) groups is 1. The molecule has 0 aromatic carbocycles. The average Bonchev–Trinajstić information content (AvgIpc) is 3.19. The lowest BCUT2D eigenvalue weighted by Gasteiger charge is -2.11. The maximum Gasteiger partial charge on any atom is 0.191 e. The van der Waals surface area contributed by atoms with Crippen molar-refractivity contribution in [3.8, 4) is 0 Å². The third-order valence-corrected chi connectivity index (χ3v) is 4.55. The Kier molecular flexibility index (Phi) is 3.13. The van der Waals surface area contributed by atoms with E-state index in [0.717, 1.165) is 18.1 Å². The molecule has 1 aromatic heterocycles. The molecule has 0 amide bonds. The standard InChI is InChI=1S/C12H20N4S/c1-8(6-7-13)17-12-15-14-11(9-2-3-9)16(12)10-4-5-10/h8-10H,2-7,13H2,1H3. The maximum absolute atomic E-state index is 5.60. The Morgan fingerprint density at radius 3 is 2.71 bits per heavy atom. The second-order valence-corrected chi connectivity index (χ2v) is 6.63. The van der Waals surface area contributed by atoms with Crippen LogP contribution in [-0.4, -0.2) is 26.6 Å². The van der Waals surface area contributed by atoms with Gasteiger partial charge in [-0.3, -0.25) is 0 Å². The van der Waals surface area contributed by atoms with Crippen molar-refractivity contribution < 1.29 is 0 Å². The van der Waals surface area contributed by atoms with Gasteiger partial charge in [0.15, 0.2) is 5.16 Å². The summed E-state index contributed by atoms with van der Waals surface area (Å²) in [5, 5.41) is 10.5. The van der Waals surface area contributed by atoms with E-state index in [-0.39, 0.29) is 0 Å². The van der Waals surface area contributed by atoms with Crippen LogP contribution in [0.3, 0.4) is 0 Å². The summed E-state index contributed by atoms with van der Waals surface area (Å²) in [6.45, 7) is 2.97. The Morgan fingerprint density at radius 2 is 2.12 bits per heavy atom. The Hall–Kier alpha value is -0.550. The van der Waals surface area contributed by atoms with Crippen molar-refractivity contribution in [3.05, 3.63) is 5.82 Å². The van der Waals surface area contributed by atoms with Crippen LogP contribution in [0, 0.1) is 0 Å². The molecule has 2 aliphatic carbocycles. The third-order valence-electron chi connectivity index (χ3n) is 3.43. The summed E-state index contributed by atoms with van der Waals surface area (Å²) in [5.74, 6) is 1.94. The Morgan fingerprint density at radius 1 is 1.35 bits per heavy atom. The summed E-state index contributed by atoms with van der Waals surface area (Å²) in [7, 11) is 0. The lowest BCUT2D eigenvalue weighted by atomic mass is 10.3. The summed E-state index contributed by atoms with van der Waals surface area (Å²) in [6.07, 6.45) is 6.25. The van der Waals surface area contributed by atoms with Gasteiger partial charge in [-0.15, -0.1) is 10.2 Å². The van der Waals surface area contributed by atoms with E-state index in [9.17, 15) is 0 Å². The van der Waals surface area contributed by atoms with Crippen LogP contribution in [0.5, 0.6) is 0 Å². The molecular weight excluding hydrogens is 232 g/mol. The molecule has 1 aromatic rings. The molecule has 0 saturated heterocycles. The van der Waals surface area contributed by atoms with Gasteiger partial charge in [0.1, 0.15) is 5.82 Å². The van der Waals surface area contributed by atoms with Crippen LogP contribution in [0.2, 0.25) is 0 Å². The van der Waals surface area contributed by atoms with E-state index < -0.39 is 0 Å². The molecule has 3 rings (SSSR count). The normalized spacial score (nSPS) is 21.8. The predicted octanol–water partition coefficient (Wildman–Crippen LogP) is 2.32. The quantitative estimate of drug-likeness (QED) is 0.789. The van der Waals surface area contributed by atoms with Gasteiger partial charge in [-0.05, 0) is 38.6 Å². The van der Waals surface area contributed by atoms with E-state index in [0.29, 0.717) is 17.2 Å². The topological polar surface area (TPSA) is 56.7 Å². The molecule has 2 aliphatic rings. The Balaban J connectivity index is 1.78. The summed E-state index contributed by atoms with van der Waals surface area (Å²) in [5.41, 5.74) is 5.60. The highest BCUT2D eigenvalue weighted by Gasteiger charge is 2.36. The molecule has 1 atom stereocenters. The summed E-state index contributed by atoms with van der Waals surface area (Å²) in [4.78, 5) is 0. The van der Waals surface area contributed by atoms with Gasteiger partial charge in [-0.25, -0.2) is 0 Å². The monoisotopic (exact) mass is 252 g/mol. The van der Waals surface area contributed by atoms with Gasteiger partial charge < -0.3 is 10.3 Å². The molecule has 1 unspecified atom stereocenters. The molecule has 0 radical (unpaired) electrons. The van der Waals surface area contributed by atoms with Crippen molar-refractivity contribution in [1.82, 2.24) is 14.8 Å². The SMILES string of the molecule is CC(CCN)Sc1nnc(C2CC2)n1C1CC1. The fourth-order valence-corrected chi connectivity index (χ4v) is 3.20. The van der Waals surface area contributed by atoms with Crippen LogP contribution in [0.25, 0.3) is 0 Å². The molecule has 0 aliphatic heterocycles. The van der Waals surface area contributed by atoms with Gasteiger partial charge in [0.25, 0.3) is 0 Å². The van der Waals surface area contributed by atoms with Crippen LogP contribution in [0.15, 0.2) is 5.16 Å². The van der Waals surface area contributed by atoms with Crippen LogP contribution >= 0.6 is 11.8 Å². The van der Waals surface area contributed by atoms with Gasteiger partial charge in [0, 0.05) is 17.2 Å². The molecule has 0 bridgehead atoms. The van der Waals surface area contributed by atoms with Crippen LogP contribution in [0.1, 0.15) is 56.8 Å². The average molecular weight is 252 g/mol. The van der Waals surface area contributed by atoms with Gasteiger partial charge in [-0.1, -0.05) is 18.7 Å². The van der Waals surface area contributed by atoms with Gasteiger partial charge in [-0.2, -0.15) is 0 Å². The van der Waals surface area contributed by atoms with E-state index >= 15 is 0 Å². The predicted molar refractivity (Wildman–Crippen MR) is 69.3 cm³/mol. The molecule has 0 spiro atoms. The smallest absolute Gasteiger partial charge is 0.191 e. The maximum atomic E-state index is 5.60. The van der Waals surface area contributed by atoms with Crippen LogP contribution in [0.4, 0.5) is 0 Å². The zero-order valence-corrected chi connectivity index (χ0v) is 11.1.